The van der Waals surface area contributed by atoms with Gasteiger partial charge in [0.05, 0.1) is 5.52 Å². The number of nitrogens with zero attached hydrogens (tertiary/aromatic N) is 3. The third kappa shape index (κ3) is 3.53. The summed E-state index contributed by atoms with van der Waals surface area (Å²) < 4.78 is 27.5. The second-order valence-corrected chi connectivity index (χ2v) is 6.79. The topological polar surface area (TPSA) is 50.7 Å². The molecule has 28 heavy (non-hydrogen) atoms. The van der Waals surface area contributed by atoms with E-state index in [4.69, 9.17) is 0 Å². The monoisotopic (exact) mass is 376 g/mol. The maximum absolute atomic E-state index is 14.2. The van der Waals surface area contributed by atoms with Crippen molar-refractivity contribution in [1.82, 2.24) is 15.0 Å². The predicted octanol–water partition coefficient (Wildman–Crippen LogP) is 5.46. The Balaban J connectivity index is 1.90. The van der Waals surface area contributed by atoms with E-state index in [0.29, 0.717) is 22.8 Å². The fourth-order valence-electron chi connectivity index (χ4n) is 3.03. The van der Waals surface area contributed by atoms with Gasteiger partial charge in [0.25, 0.3) is 0 Å². The van der Waals surface area contributed by atoms with Crippen LogP contribution in [0.15, 0.2) is 60.9 Å². The number of hydrogen-bond acceptors (Lipinski definition) is 4. The molecule has 0 saturated carbocycles. The van der Waals surface area contributed by atoms with Gasteiger partial charge in [-0.05, 0) is 55.8 Å². The third-order valence-electron chi connectivity index (χ3n) is 4.28. The molecule has 0 aliphatic heterocycles. The second kappa shape index (κ2) is 7.31. The Bertz CT molecular complexity index is 1140. The van der Waals surface area contributed by atoms with E-state index in [0.717, 1.165) is 22.5 Å². The molecule has 0 fully saturated rings. The molecule has 0 unspecified atom stereocenters. The van der Waals surface area contributed by atoms with Gasteiger partial charge >= 0.3 is 0 Å². The average Bonchev–Trinajstić information content (AvgIpc) is 2.68. The molecule has 2 aromatic carbocycles. The van der Waals surface area contributed by atoms with Gasteiger partial charge in [-0.2, -0.15) is 0 Å². The van der Waals surface area contributed by atoms with Crippen molar-refractivity contribution in [3.8, 4) is 22.5 Å². The highest BCUT2D eigenvalue weighted by Gasteiger charge is 2.13. The van der Waals surface area contributed by atoms with Gasteiger partial charge in [-0.3, -0.25) is 4.98 Å². The number of pyridine rings is 1. The van der Waals surface area contributed by atoms with Crippen molar-refractivity contribution in [2.75, 3.05) is 5.32 Å². The quantitative estimate of drug-likeness (QED) is 0.514. The predicted molar refractivity (Wildman–Crippen MR) is 107 cm³/mol. The molecule has 0 saturated heterocycles. The molecule has 0 bridgehead atoms. The molecule has 4 nitrogen and oxygen atoms in total. The summed E-state index contributed by atoms with van der Waals surface area (Å²) in [7, 11) is 0. The molecule has 0 aliphatic rings. The van der Waals surface area contributed by atoms with E-state index in [9.17, 15) is 8.78 Å². The zero-order valence-corrected chi connectivity index (χ0v) is 15.4. The largest absolute Gasteiger partial charge is 0.367 e. The first-order valence-corrected chi connectivity index (χ1v) is 8.95. The molecular weight excluding hydrogens is 358 g/mol. The van der Waals surface area contributed by atoms with E-state index >= 15 is 0 Å². The highest BCUT2D eigenvalue weighted by Crippen LogP contribution is 2.31. The van der Waals surface area contributed by atoms with Crippen LogP contribution in [0.1, 0.15) is 13.8 Å². The van der Waals surface area contributed by atoms with Gasteiger partial charge in [0.2, 0.25) is 0 Å². The van der Waals surface area contributed by atoms with Crippen LogP contribution in [0.3, 0.4) is 0 Å². The van der Waals surface area contributed by atoms with Gasteiger partial charge in [-0.25, -0.2) is 18.7 Å². The Morgan fingerprint density at radius 1 is 0.929 bits per heavy atom. The van der Waals surface area contributed by atoms with E-state index in [2.05, 4.69) is 20.3 Å². The maximum atomic E-state index is 14.2. The first-order chi connectivity index (χ1) is 13.5. The van der Waals surface area contributed by atoms with Crippen LogP contribution < -0.4 is 5.32 Å². The van der Waals surface area contributed by atoms with Crippen molar-refractivity contribution in [3.63, 3.8) is 0 Å². The summed E-state index contributed by atoms with van der Waals surface area (Å²) in [5, 5.41) is 4.10. The van der Waals surface area contributed by atoms with Crippen molar-refractivity contribution in [3.05, 3.63) is 72.6 Å². The Kier molecular flexibility index (Phi) is 4.69. The van der Waals surface area contributed by atoms with Crippen LogP contribution in [0.25, 0.3) is 33.4 Å². The standard InChI is InChI=1S/C22H18F2N4/c1-13(2)26-22-18-10-14(17-7-6-16(23)11-19(17)24)5-8-20(18)27-21(28-22)15-4-3-9-25-12-15/h3-13H,1-2H3,(H,26,27,28). The van der Waals surface area contributed by atoms with E-state index < -0.39 is 11.6 Å². The molecule has 0 amide bonds. The summed E-state index contributed by atoms with van der Waals surface area (Å²) in [6, 6.07) is 12.9. The highest BCUT2D eigenvalue weighted by molar-refractivity contribution is 5.94. The lowest BCUT2D eigenvalue weighted by Gasteiger charge is -2.14. The molecule has 0 atom stereocenters. The normalized spacial score (nSPS) is 11.2. The number of hydrogen-bond donors (Lipinski definition) is 1. The summed E-state index contributed by atoms with van der Waals surface area (Å²) in [6.07, 6.45) is 3.41. The molecule has 2 aromatic heterocycles. The van der Waals surface area contributed by atoms with Crippen LogP contribution in [0.5, 0.6) is 0 Å². The first kappa shape index (κ1) is 18.0. The minimum atomic E-state index is -0.606. The van der Waals surface area contributed by atoms with Gasteiger partial charge in [-0.15, -0.1) is 0 Å². The van der Waals surface area contributed by atoms with Crippen LogP contribution in [-0.2, 0) is 0 Å². The number of halogens is 2. The third-order valence-corrected chi connectivity index (χ3v) is 4.28. The molecule has 6 heteroatoms. The number of benzene rings is 2. The van der Waals surface area contributed by atoms with Crippen molar-refractivity contribution < 1.29 is 8.78 Å². The Hall–Kier alpha value is -3.41. The molecule has 140 valence electrons. The summed E-state index contributed by atoms with van der Waals surface area (Å²) >= 11 is 0. The van der Waals surface area contributed by atoms with Crippen molar-refractivity contribution in [2.24, 2.45) is 0 Å². The Morgan fingerprint density at radius 2 is 1.79 bits per heavy atom. The van der Waals surface area contributed by atoms with Gasteiger partial charge < -0.3 is 5.32 Å². The fourth-order valence-corrected chi connectivity index (χ4v) is 3.03. The molecule has 0 aliphatic carbocycles. The second-order valence-electron chi connectivity index (χ2n) is 6.79. The van der Waals surface area contributed by atoms with Crippen LogP contribution in [0, 0.1) is 11.6 Å². The van der Waals surface area contributed by atoms with Gasteiger partial charge in [-0.1, -0.05) is 6.07 Å². The molecule has 4 rings (SSSR count). The number of aromatic nitrogens is 3. The first-order valence-electron chi connectivity index (χ1n) is 8.95. The lowest BCUT2D eigenvalue weighted by molar-refractivity contribution is 0.585. The van der Waals surface area contributed by atoms with Crippen molar-refractivity contribution >= 4 is 16.7 Å². The van der Waals surface area contributed by atoms with Crippen LogP contribution in [0.2, 0.25) is 0 Å². The summed E-state index contributed by atoms with van der Waals surface area (Å²) in [4.78, 5) is 13.4. The van der Waals surface area contributed by atoms with E-state index in [1.165, 1.54) is 12.1 Å². The average molecular weight is 376 g/mol. The van der Waals surface area contributed by atoms with Crippen LogP contribution in [-0.4, -0.2) is 21.0 Å². The molecular formula is C22H18F2N4. The van der Waals surface area contributed by atoms with Crippen LogP contribution in [0.4, 0.5) is 14.6 Å². The zero-order chi connectivity index (χ0) is 19.7. The summed E-state index contributed by atoms with van der Waals surface area (Å²) in [5.74, 6) is 0.00644. The number of rotatable bonds is 4. The van der Waals surface area contributed by atoms with E-state index in [1.54, 1.807) is 18.5 Å². The van der Waals surface area contributed by atoms with Gasteiger partial charge in [0.1, 0.15) is 17.5 Å². The van der Waals surface area contributed by atoms with Crippen molar-refractivity contribution in [2.45, 2.75) is 19.9 Å². The maximum Gasteiger partial charge on any atom is 0.163 e. The minimum Gasteiger partial charge on any atom is -0.367 e. The molecule has 0 radical (unpaired) electrons. The number of nitrogens with one attached hydrogen (secondary N) is 1. The summed E-state index contributed by atoms with van der Waals surface area (Å²) in [6.45, 7) is 4.03. The van der Waals surface area contributed by atoms with Crippen molar-refractivity contribution in [1.29, 1.82) is 0 Å². The summed E-state index contributed by atoms with van der Waals surface area (Å²) in [5.41, 5.74) is 2.50. The van der Waals surface area contributed by atoms with Crippen LogP contribution >= 0.6 is 0 Å². The molecule has 2 heterocycles. The van der Waals surface area contributed by atoms with E-state index in [-0.39, 0.29) is 6.04 Å². The van der Waals surface area contributed by atoms with Gasteiger partial charge in [0, 0.05) is 41.0 Å². The fraction of sp³-hybridized carbons (Fsp3) is 0.136. The van der Waals surface area contributed by atoms with Gasteiger partial charge in [0.15, 0.2) is 5.82 Å². The zero-order valence-electron chi connectivity index (χ0n) is 15.4. The SMILES string of the molecule is CC(C)Nc1nc(-c2cccnc2)nc2ccc(-c3ccc(F)cc3F)cc12. The lowest BCUT2D eigenvalue weighted by Crippen LogP contribution is -2.12. The number of fused-ring (bicyclic) bond motifs is 1. The molecule has 0 spiro atoms. The highest BCUT2D eigenvalue weighted by atomic mass is 19.1. The number of anilines is 1. The smallest absolute Gasteiger partial charge is 0.163 e. The lowest BCUT2D eigenvalue weighted by atomic mass is 10.0. The minimum absolute atomic E-state index is 0.145. The molecule has 1 N–H and O–H groups in total. The van der Waals surface area contributed by atoms with E-state index in [1.807, 2.05) is 38.1 Å². The Labute approximate surface area is 161 Å². The molecule has 4 aromatic rings. The Morgan fingerprint density at radius 3 is 2.50 bits per heavy atom.